The zero-order valence-corrected chi connectivity index (χ0v) is 41.2. The monoisotopic (exact) mass is 905 g/mol. The molecule has 0 amide bonds. The maximum Gasteiger partial charge on any atom is 0.333 e. The third-order valence-electron chi connectivity index (χ3n) is 15.4. The van der Waals surface area contributed by atoms with Crippen molar-refractivity contribution in [2.24, 2.45) is 0 Å². The summed E-state index contributed by atoms with van der Waals surface area (Å²) in [6, 6.07) is 76.0. The Labute approximate surface area is 415 Å². The molecule has 9 aromatic carbocycles. The van der Waals surface area contributed by atoms with Crippen LogP contribution < -0.4 is 25.5 Å². The molecule has 0 unspecified atom stereocenters. The van der Waals surface area contributed by atoms with Gasteiger partial charge >= 0.3 is 6.85 Å². The summed E-state index contributed by atoms with van der Waals surface area (Å²) >= 11 is 0. The SMILES string of the molecule is CCCCc1ccc(N(c2ccccc2)c2ccc3c(c2)-c2cc(C)cc4c2B(c2cc5c(cc2N4c2ccc(CCCC)cc2-c2ccccc2)C(C)(C)c2ccccc2-5)N3c2ccccc2)cc1. The fourth-order valence-electron chi connectivity index (χ4n) is 11.9. The average molecular weight is 906 g/mol. The maximum absolute atomic E-state index is 2.65. The number of nitrogens with zero attached hydrogens (tertiary/aromatic N) is 3. The second-order valence-corrected chi connectivity index (χ2v) is 20.3. The first-order valence-corrected chi connectivity index (χ1v) is 25.7. The predicted octanol–water partition coefficient (Wildman–Crippen LogP) is 16.8. The molecular weight excluding hydrogens is 846 g/mol. The summed E-state index contributed by atoms with van der Waals surface area (Å²) in [5.74, 6) is 0. The molecule has 2 heterocycles. The van der Waals surface area contributed by atoms with Crippen LogP contribution in [0.5, 0.6) is 0 Å². The van der Waals surface area contributed by atoms with Crippen LogP contribution in [0.4, 0.5) is 45.5 Å². The summed E-state index contributed by atoms with van der Waals surface area (Å²) in [5, 5.41) is 0. The molecule has 70 heavy (non-hydrogen) atoms. The smallest absolute Gasteiger partial charge is 0.333 e. The standard InChI is InChI=1S/C66H60BN3/c1-6-8-21-46-31-34-50(35-32-46)68(49-25-15-11-16-26-49)52-36-38-62-56(42-52)57-39-45(3)40-64-65(57)67(70(62)51-27-17-12-18-28-51)60-43-55-53-29-19-20-30-58(53)66(4,5)59(55)44-63(60)69(64)61-37-33-47(22-9-7-2)41-54(61)48-23-13-10-14-24-48/h10-20,23-44H,6-9,21-22H2,1-5H3. The summed E-state index contributed by atoms with van der Waals surface area (Å²) in [4.78, 5) is 7.73. The Morgan fingerprint density at radius 3 is 1.83 bits per heavy atom. The quantitative estimate of drug-likeness (QED) is 0.113. The Hall–Kier alpha value is -7.56. The first-order valence-electron chi connectivity index (χ1n) is 25.7. The van der Waals surface area contributed by atoms with Gasteiger partial charge in [-0.15, -0.1) is 0 Å². The van der Waals surface area contributed by atoms with Gasteiger partial charge in [0.25, 0.3) is 0 Å². The van der Waals surface area contributed by atoms with Crippen molar-refractivity contribution in [3.05, 3.63) is 228 Å². The van der Waals surface area contributed by atoms with Crippen LogP contribution in [0, 0.1) is 6.92 Å². The molecule has 342 valence electrons. The zero-order chi connectivity index (χ0) is 47.5. The Morgan fingerprint density at radius 2 is 1.09 bits per heavy atom. The van der Waals surface area contributed by atoms with E-state index in [2.05, 4.69) is 249 Å². The van der Waals surface area contributed by atoms with Crippen molar-refractivity contribution in [1.29, 1.82) is 0 Å². The highest BCUT2D eigenvalue weighted by Gasteiger charge is 2.47. The van der Waals surface area contributed by atoms with Crippen LogP contribution in [0.15, 0.2) is 200 Å². The normalized spacial score (nSPS) is 13.6. The van der Waals surface area contributed by atoms with Crippen LogP contribution in [0.25, 0.3) is 33.4 Å². The molecule has 3 nitrogen and oxygen atoms in total. The van der Waals surface area contributed by atoms with Crippen LogP contribution in [-0.2, 0) is 18.3 Å². The molecular formula is C66H60BN3. The molecule has 4 heteroatoms. The maximum atomic E-state index is 2.65. The number of anilines is 8. The molecule has 0 fully saturated rings. The van der Waals surface area contributed by atoms with Gasteiger partial charge < -0.3 is 14.6 Å². The average Bonchev–Trinajstić information content (AvgIpc) is 3.62. The van der Waals surface area contributed by atoms with E-state index in [1.807, 2.05) is 0 Å². The molecule has 2 aliphatic heterocycles. The molecule has 1 aliphatic carbocycles. The van der Waals surface area contributed by atoms with Crippen molar-refractivity contribution in [1.82, 2.24) is 0 Å². The lowest BCUT2D eigenvalue weighted by Gasteiger charge is -2.46. The fourth-order valence-corrected chi connectivity index (χ4v) is 11.9. The van der Waals surface area contributed by atoms with E-state index in [4.69, 9.17) is 0 Å². The number of aryl methyl sites for hydroxylation is 3. The molecule has 0 saturated heterocycles. The van der Waals surface area contributed by atoms with E-state index in [9.17, 15) is 0 Å². The van der Waals surface area contributed by atoms with Gasteiger partial charge in [0.05, 0.1) is 5.69 Å². The first-order chi connectivity index (χ1) is 34.3. The van der Waals surface area contributed by atoms with Crippen molar-refractivity contribution >= 4 is 63.3 Å². The molecule has 0 bridgehead atoms. The number of benzene rings is 9. The second-order valence-electron chi connectivity index (χ2n) is 20.3. The minimum atomic E-state index is -0.175. The lowest BCUT2D eigenvalue weighted by atomic mass is 9.43. The van der Waals surface area contributed by atoms with E-state index in [0.29, 0.717) is 0 Å². The van der Waals surface area contributed by atoms with Crippen LogP contribution in [0.2, 0.25) is 0 Å². The Balaban J connectivity index is 1.15. The lowest BCUT2D eigenvalue weighted by Crippen LogP contribution is -2.61. The summed E-state index contributed by atoms with van der Waals surface area (Å²) in [6.45, 7) is 11.6. The first kappa shape index (κ1) is 43.7. The number of rotatable bonds is 12. The molecule has 0 aromatic heterocycles. The van der Waals surface area contributed by atoms with E-state index in [1.54, 1.807) is 0 Å². The number of fused-ring (bicyclic) bond motifs is 7. The number of para-hydroxylation sites is 2. The van der Waals surface area contributed by atoms with Crippen molar-refractivity contribution in [3.63, 3.8) is 0 Å². The van der Waals surface area contributed by atoms with E-state index < -0.39 is 0 Å². The Kier molecular flexibility index (Phi) is 11.1. The molecule has 12 rings (SSSR count). The summed E-state index contributed by atoms with van der Waals surface area (Å²) in [6.07, 6.45) is 6.87. The molecule has 0 radical (unpaired) electrons. The van der Waals surface area contributed by atoms with Gasteiger partial charge in [-0.2, -0.15) is 0 Å². The number of hydrogen-bond acceptors (Lipinski definition) is 3. The third kappa shape index (κ3) is 7.27. The highest BCUT2D eigenvalue weighted by Crippen LogP contribution is 2.54. The number of unbranched alkanes of at least 4 members (excludes halogenated alkanes) is 2. The van der Waals surface area contributed by atoms with Crippen LogP contribution in [-0.4, -0.2) is 6.85 Å². The van der Waals surface area contributed by atoms with Gasteiger partial charge in [-0.05, 0) is 172 Å². The summed E-state index contributed by atoms with van der Waals surface area (Å²) in [5.41, 5.74) is 26.4. The lowest BCUT2D eigenvalue weighted by molar-refractivity contribution is 0.660. The minimum Gasteiger partial charge on any atom is -0.376 e. The Bertz CT molecular complexity index is 3400. The van der Waals surface area contributed by atoms with E-state index in [1.165, 1.54) is 113 Å². The molecule has 0 N–H and O–H groups in total. The van der Waals surface area contributed by atoms with E-state index >= 15 is 0 Å². The van der Waals surface area contributed by atoms with Gasteiger partial charge in [0.1, 0.15) is 0 Å². The molecule has 3 aliphatic rings. The van der Waals surface area contributed by atoms with E-state index in [0.717, 1.165) is 42.7 Å². The Morgan fingerprint density at radius 1 is 0.457 bits per heavy atom. The van der Waals surface area contributed by atoms with Crippen LogP contribution in [0.1, 0.15) is 81.2 Å². The molecule has 9 aromatic rings. The third-order valence-corrected chi connectivity index (χ3v) is 15.4. The van der Waals surface area contributed by atoms with Gasteiger partial charge in [0, 0.05) is 56.4 Å². The van der Waals surface area contributed by atoms with Crippen molar-refractivity contribution in [2.75, 3.05) is 14.6 Å². The number of hydrogen-bond donors (Lipinski definition) is 0. The van der Waals surface area contributed by atoms with Crippen molar-refractivity contribution in [3.8, 4) is 33.4 Å². The van der Waals surface area contributed by atoms with Crippen LogP contribution >= 0.6 is 0 Å². The summed E-state index contributed by atoms with van der Waals surface area (Å²) in [7, 11) is 0. The van der Waals surface area contributed by atoms with Gasteiger partial charge in [0.15, 0.2) is 0 Å². The van der Waals surface area contributed by atoms with Crippen molar-refractivity contribution in [2.45, 2.75) is 78.6 Å². The predicted molar refractivity (Wildman–Crippen MR) is 300 cm³/mol. The van der Waals surface area contributed by atoms with Gasteiger partial charge in [0.2, 0.25) is 0 Å². The van der Waals surface area contributed by atoms with Gasteiger partial charge in [-0.25, -0.2) is 0 Å². The highest BCUT2D eigenvalue weighted by molar-refractivity contribution is 6.93. The largest absolute Gasteiger partial charge is 0.376 e. The van der Waals surface area contributed by atoms with Gasteiger partial charge in [-0.3, -0.25) is 0 Å². The van der Waals surface area contributed by atoms with E-state index in [-0.39, 0.29) is 12.3 Å². The zero-order valence-electron chi connectivity index (χ0n) is 41.2. The van der Waals surface area contributed by atoms with Gasteiger partial charge in [-0.1, -0.05) is 162 Å². The fraction of sp³-hybridized carbons (Fsp3) is 0.182. The van der Waals surface area contributed by atoms with Crippen LogP contribution in [0.3, 0.4) is 0 Å². The highest BCUT2D eigenvalue weighted by atomic mass is 15.2. The summed E-state index contributed by atoms with van der Waals surface area (Å²) < 4.78 is 0. The molecule has 0 atom stereocenters. The topological polar surface area (TPSA) is 9.72 Å². The molecule has 0 spiro atoms. The molecule has 0 saturated carbocycles. The minimum absolute atomic E-state index is 0.108. The van der Waals surface area contributed by atoms with Crippen molar-refractivity contribution < 1.29 is 0 Å². The second kappa shape index (κ2) is 17.8.